The van der Waals surface area contributed by atoms with E-state index in [1.807, 2.05) is 25.3 Å². The van der Waals surface area contributed by atoms with Crippen LogP contribution in [0.1, 0.15) is 24.1 Å². The largest absolute Gasteiger partial charge is 0.496 e. The fourth-order valence-corrected chi connectivity index (χ4v) is 2.16. The van der Waals surface area contributed by atoms with Gasteiger partial charge in [-0.1, -0.05) is 0 Å². The minimum atomic E-state index is 0.718. The summed E-state index contributed by atoms with van der Waals surface area (Å²) in [5.41, 5.74) is 3.35. The van der Waals surface area contributed by atoms with Crippen LogP contribution >= 0.6 is 0 Å². The number of nitrogens with zero attached hydrogens (tertiary/aromatic N) is 1. The number of ether oxygens (including phenoxy) is 1. The van der Waals surface area contributed by atoms with Gasteiger partial charge in [0, 0.05) is 30.0 Å². The summed E-state index contributed by atoms with van der Waals surface area (Å²) >= 11 is 0. The van der Waals surface area contributed by atoms with Gasteiger partial charge in [0.15, 0.2) is 0 Å². The highest BCUT2D eigenvalue weighted by Gasteiger charge is 2.20. The molecule has 2 N–H and O–H groups in total. The predicted octanol–water partition coefficient (Wildman–Crippen LogP) is 2.65. The average Bonchev–Trinajstić information content (AvgIpc) is 3.13. The van der Waals surface area contributed by atoms with E-state index in [-0.39, 0.29) is 0 Å². The standard InChI is InChI=1S/C15H19N3O/c1-10-7-11(3-6-14(10)19-2)15-17-9-13(18-15)8-16-12-4-5-12/h3,6-7,9,12,16H,4-5,8H2,1-2H3,(H,17,18). The maximum Gasteiger partial charge on any atom is 0.137 e. The molecule has 3 rings (SSSR count). The van der Waals surface area contributed by atoms with Gasteiger partial charge >= 0.3 is 0 Å². The molecule has 1 aliphatic rings. The number of hydrogen-bond acceptors (Lipinski definition) is 3. The van der Waals surface area contributed by atoms with Crippen LogP contribution in [0, 0.1) is 6.92 Å². The SMILES string of the molecule is COc1ccc(-c2ncc(CNC3CC3)[nH]2)cc1C. The lowest BCUT2D eigenvalue weighted by molar-refractivity contribution is 0.412. The number of hydrogen-bond donors (Lipinski definition) is 2. The number of rotatable bonds is 5. The van der Waals surface area contributed by atoms with Crippen LogP contribution in [0.2, 0.25) is 0 Å². The third kappa shape index (κ3) is 2.79. The minimum absolute atomic E-state index is 0.718. The van der Waals surface area contributed by atoms with Crippen molar-refractivity contribution in [3.05, 3.63) is 35.7 Å². The molecular formula is C15H19N3O. The normalized spacial score (nSPS) is 14.6. The predicted molar refractivity (Wildman–Crippen MR) is 75.2 cm³/mol. The molecule has 0 bridgehead atoms. The second-order valence-electron chi connectivity index (χ2n) is 5.10. The Labute approximate surface area is 113 Å². The first-order chi connectivity index (χ1) is 9.26. The molecule has 0 spiro atoms. The first-order valence-corrected chi connectivity index (χ1v) is 6.68. The van der Waals surface area contributed by atoms with E-state index in [2.05, 4.69) is 21.4 Å². The van der Waals surface area contributed by atoms with Crippen molar-refractivity contribution in [1.82, 2.24) is 15.3 Å². The van der Waals surface area contributed by atoms with Gasteiger partial charge in [-0.3, -0.25) is 0 Å². The number of aromatic amines is 1. The third-order valence-corrected chi connectivity index (χ3v) is 3.46. The Morgan fingerprint density at radius 2 is 2.26 bits per heavy atom. The monoisotopic (exact) mass is 257 g/mol. The summed E-state index contributed by atoms with van der Waals surface area (Å²) in [5, 5.41) is 3.48. The van der Waals surface area contributed by atoms with Gasteiger partial charge in [0.05, 0.1) is 7.11 Å². The number of aryl methyl sites for hydroxylation is 1. The van der Waals surface area contributed by atoms with Crippen LogP contribution in [0.4, 0.5) is 0 Å². The van der Waals surface area contributed by atoms with Gasteiger partial charge in [-0.2, -0.15) is 0 Å². The molecule has 0 saturated heterocycles. The molecule has 0 radical (unpaired) electrons. The third-order valence-electron chi connectivity index (χ3n) is 3.46. The van der Waals surface area contributed by atoms with Crippen molar-refractivity contribution in [3.63, 3.8) is 0 Å². The Morgan fingerprint density at radius 3 is 2.95 bits per heavy atom. The maximum absolute atomic E-state index is 5.27. The second-order valence-corrected chi connectivity index (χ2v) is 5.10. The molecule has 0 amide bonds. The lowest BCUT2D eigenvalue weighted by Crippen LogP contribution is -2.15. The van der Waals surface area contributed by atoms with Gasteiger partial charge in [-0.05, 0) is 43.5 Å². The smallest absolute Gasteiger partial charge is 0.137 e. The molecule has 1 heterocycles. The van der Waals surface area contributed by atoms with Crippen LogP contribution in [0.3, 0.4) is 0 Å². The van der Waals surface area contributed by atoms with E-state index in [0.717, 1.165) is 41.0 Å². The Morgan fingerprint density at radius 1 is 1.42 bits per heavy atom. The van der Waals surface area contributed by atoms with Crippen molar-refractivity contribution < 1.29 is 4.74 Å². The molecular weight excluding hydrogens is 238 g/mol. The van der Waals surface area contributed by atoms with Crippen molar-refractivity contribution in [3.8, 4) is 17.1 Å². The minimum Gasteiger partial charge on any atom is -0.496 e. The van der Waals surface area contributed by atoms with Crippen LogP contribution in [-0.2, 0) is 6.54 Å². The average molecular weight is 257 g/mol. The number of aromatic nitrogens is 2. The topological polar surface area (TPSA) is 49.9 Å². The van der Waals surface area contributed by atoms with Crippen molar-refractivity contribution in [2.24, 2.45) is 0 Å². The zero-order valence-corrected chi connectivity index (χ0v) is 11.4. The van der Waals surface area contributed by atoms with E-state index in [0.29, 0.717) is 0 Å². The highest BCUT2D eigenvalue weighted by atomic mass is 16.5. The van der Waals surface area contributed by atoms with Gasteiger partial charge in [0.1, 0.15) is 11.6 Å². The molecule has 1 fully saturated rings. The van der Waals surface area contributed by atoms with Crippen molar-refractivity contribution in [1.29, 1.82) is 0 Å². The Balaban J connectivity index is 1.75. The fraction of sp³-hybridized carbons (Fsp3) is 0.400. The van der Waals surface area contributed by atoms with E-state index in [9.17, 15) is 0 Å². The van der Waals surface area contributed by atoms with Gasteiger partial charge in [-0.25, -0.2) is 4.98 Å². The number of imidazole rings is 1. The van der Waals surface area contributed by atoms with E-state index >= 15 is 0 Å². The Bertz CT molecular complexity index is 573. The van der Waals surface area contributed by atoms with Gasteiger partial charge < -0.3 is 15.0 Å². The summed E-state index contributed by atoms with van der Waals surface area (Å²) in [6.07, 6.45) is 4.52. The summed E-state index contributed by atoms with van der Waals surface area (Å²) in [5.74, 6) is 1.82. The number of methoxy groups -OCH3 is 1. The van der Waals surface area contributed by atoms with Crippen LogP contribution in [0.5, 0.6) is 5.75 Å². The molecule has 1 saturated carbocycles. The van der Waals surface area contributed by atoms with Crippen molar-refractivity contribution >= 4 is 0 Å². The highest BCUT2D eigenvalue weighted by molar-refractivity contribution is 5.58. The molecule has 0 aliphatic heterocycles. The summed E-state index contributed by atoms with van der Waals surface area (Å²) in [7, 11) is 1.69. The van der Waals surface area contributed by atoms with Gasteiger partial charge in [-0.15, -0.1) is 0 Å². The van der Waals surface area contributed by atoms with Crippen LogP contribution in [0.15, 0.2) is 24.4 Å². The zero-order valence-electron chi connectivity index (χ0n) is 11.4. The number of benzene rings is 1. The van der Waals surface area contributed by atoms with Gasteiger partial charge in [0.25, 0.3) is 0 Å². The second kappa shape index (κ2) is 5.05. The molecule has 1 aromatic heterocycles. The molecule has 4 heteroatoms. The first kappa shape index (κ1) is 12.2. The fourth-order valence-electron chi connectivity index (χ4n) is 2.16. The maximum atomic E-state index is 5.27. The van der Waals surface area contributed by atoms with E-state index < -0.39 is 0 Å². The van der Waals surface area contributed by atoms with E-state index in [4.69, 9.17) is 4.74 Å². The lowest BCUT2D eigenvalue weighted by Gasteiger charge is -2.05. The molecule has 100 valence electrons. The zero-order chi connectivity index (χ0) is 13.2. The molecule has 2 aromatic rings. The number of H-pyrrole nitrogens is 1. The lowest BCUT2D eigenvalue weighted by atomic mass is 10.1. The van der Waals surface area contributed by atoms with Crippen LogP contribution in [0.25, 0.3) is 11.4 Å². The van der Waals surface area contributed by atoms with E-state index in [1.165, 1.54) is 12.8 Å². The molecule has 19 heavy (non-hydrogen) atoms. The van der Waals surface area contributed by atoms with E-state index in [1.54, 1.807) is 7.11 Å². The Kier molecular flexibility index (Phi) is 3.25. The van der Waals surface area contributed by atoms with Gasteiger partial charge in [0.2, 0.25) is 0 Å². The molecule has 1 aromatic carbocycles. The molecule has 0 atom stereocenters. The van der Waals surface area contributed by atoms with Crippen LogP contribution < -0.4 is 10.1 Å². The highest BCUT2D eigenvalue weighted by Crippen LogP contribution is 2.24. The summed E-state index contributed by atoms with van der Waals surface area (Å²) < 4.78 is 5.27. The van der Waals surface area contributed by atoms with Crippen molar-refractivity contribution in [2.75, 3.05) is 7.11 Å². The first-order valence-electron chi connectivity index (χ1n) is 6.68. The van der Waals surface area contributed by atoms with Crippen molar-refractivity contribution in [2.45, 2.75) is 32.4 Å². The molecule has 0 unspecified atom stereocenters. The Hall–Kier alpha value is -1.81. The summed E-state index contributed by atoms with van der Waals surface area (Å²) in [6.45, 7) is 2.91. The molecule has 4 nitrogen and oxygen atoms in total. The number of nitrogens with one attached hydrogen (secondary N) is 2. The van der Waals surface area contributed by atoms with Crippen LogP contribution in [-0.4, -0.2) is 23.1 Å². The molecule has 1 aliphatic carbocycles. The summed E-state index contributed by atoms with van der Waals surface area (Å²) in [6, 6.07) is 6.82. The summed E-state index contributed by atoms with van der Waals surface area (Å²) in [4.78, 5) is 7.81. The quantitative estimate of drug-likeness (QED) is 0.865.